The lowest BCUT2D eigenvalue weighted by atomic mass is 10.3. The van der Waals surface area contributed by atoms with E-state index in [0.717, 1.165) is 36.8 Å². The van der Waals surface area contributed by atoms with Crippen LogP contribution >= 0.6 is 11.3 Å². The average molecular weight is 279 g/mol. The molecule has 5 heteroatoms. The fourth-order valence-electron chi connectivity index (χ4n) is 1.82. The first-order chi connectivity index (χ1) is 9.13. The fourth-order valence-corrected chi connectivity index (χ4v) is 2.37. The molecular weight excluding hydrogens is 258 g/mol. The van der Waals surface area contributed by atoms with Gasteiger partial charge in [-0.25, -0.2) is 4.98 Å². The molecule has 2 aromatic heterocycles. The van der Waals surface area contributed by atoms with E-state index in [0.29, 0.717) is 6.04 Å². The maximum atomic E-state index is 5.80. The van der Waals surface area contributed by atoms with Gasteiger partial charge in [-0.05, 0) is 19.2 Å². The predicted octanol–water partition coefficient (Wildman–Crippen LogP) is 2.87. The molecular formula is C14H21N3OS. The number of rotatable bonds is 7. The Morgan fingerprint density at radius 3 is 2.79 bits per heavy atom. The molecule has 0 fully saturated rings. The predicted molar refractivity (Wildman–Crippen MR) is 78.0 cm³/mol. The fraction of sp³-hybridized carbons (Fsp3) is 0.500. The maximum Gasteiger partial charge on any atom is 0.118 e. The van der Waals surface area contributed by atoms with E-state index >= 15 is 0 Å². The minimum atomic E-state index is 0.473. The molecule has 0 atom stereocenters. The van der Waals surface area contributed by atoms with Crippen LogP contribution in [0.5, 0.6) is 0 Å². The highest BCUT2D eigenvalue weighted by molar-refractivity contribution is 7.07. The summed E-state index contributed by atoms with van der Waals surface area (Å²) >= 11 is 1.63. The molecule has 0 aromatic carbocycles. The van der Waals surface area contributed by atoms with Crippen molar-refractivity contribution in [3.63, 3.8) is 0 Å². The van der Waals surface area contributed by atoms with Crippen LogP contribution in [0.4, 0.5) is 0 Å². The maximum absolute atomic E-state index is 5.80. The van der Waals surface area contributed by atoms with Gasteiger partial charge in [0.1, 0.15) is 11.5 Å². The number of nitrogens with zero attached hydrogens (tertiary/aromatic N) is 2. The van der Waals surface area contributed by atoms with Gasteiger partial charge in [0.25, 0.3) is 0 Å². The number of aromatic nitrogens is 1. The van der Waals surface area contributed by atoms with Crippen LogP contribution in [0.1, 0.15) is 31.1 Å². The van der Waals surface area contributed by atoms with Crippen LogP contribution in [0.15, 0.2) is 27.4 Å². The van der Waals surface area contributed by atoms with Crippen molar-refractivity contribution in [1.82, 2.24) is 15.2 Å². The van der Waals surface area contributed by atoms with Crippen LogP contribution in [0.3, 0.4) is 0 Å². The number of hydrogen-bond donors (Lipinski definition) is 1. The van der Waals surface area contributed by atoms with Crippen molar-refractivity contribution in [2.45, 2.75) is 39.5 Å². The van der Waals surface area contributed by atoms with Crippen molar-refractivity contribution in [1.29, 1.82) is 0 Å². The van der Waals surface area contributed by atoms with E-state index in [1.165, 1.54) is 0 Å². The first kappa shape index (κ1) is 14.2. The summed E-state index contributed by atoms with van der Waals surface area (Å²) in [5.74, 6) is 1.99. The second-order valence-electron chi connectivity index (χ2n) is 5.06. The molecule has 2 aromatic rings. The first-order valence-corrected chi connectivity index (χ1v) is 7.44. The molecule has 0 aliphatic rings. The zero-order valence-electron chi connectivity index (χ0n) is 11.7. The molecule has 19 heavy (non-hydrogen) atoms. The van der Waals surface area contributed by atoms with E-state index in [-0.39, 0.29) is 0 Å². The molecule has 0 radical (unpaired) electrons. The Labute approximate surface area is 118 Å². The van der Waals surface area contributed by atoms with Gasteiger partial charge in [-0.1, -0.05) is 13.8 Å². The van der Waals surface area contributed by atoms with Gasteiger partial charge in [-0.3, -0.25) is 4.90 Å². The Kier molecular flexibility index (Phi) is 5.13. The van der Waals surface area contributed by atoms with Gasteiger partial charge >= 0.3 is 0 Å². The normalized spacial score (nSPS) is 11.6. The number of hydrogen-bond acceptors (Lipinski definition) is 5. The summed E-state index contributed by atoms with van der Waals surface area (Å²) in [4.78, 5) is 6.49. The van der Waals surface area contributed by atoms with Gasteiger partial charge in [-0.2, -0.15) is 0 Å². The molecule has 4 nitrogen and oxygen atoms in total. The van der Waals surface area contributed by atoms with Gasteiger partial charge in [0.15, 0.2) is 0 Å². The van der Waals surface area contributed by atoms with E-state index < -0.39 is 0 Å². The Balaban J connectivity index is 1.82. The molecule has 0 bridgehead atoms. The minimum Gasteiger partial charge on any atom is -0.463 e. The number of nitrogens with one attached hydrogen (secondary N) is 1. The van der Waals surface area contributed by atoms with E-state index in [2.05, 4.69) is 47.5 Å². The summed E-state index contributed by atoms with van der Waals surface area (Å²) in [6, 6.07) is 4.57. The highest BCUT2D eigenvalue weighted by Gasteiger charge is 2.07. The molecule has 2 heterocycles. The third-order valence-corrected chi connectivity index (χ3v) is 3.38. The van der Waals surface area contributed by atoms with Crippen LogP contribution in [-0.4, -0.2) is 23.0 Å². The summed E-state index contributed by atoms with van der Waals surface area (Å²) in [5, 5.41) is 5.43. The molecule has 0 aliphatic carbocycles. The molecule has 0 amide bonds. The molecule has 0 saturated carbocycles. The summed E-state index contributed by atoms with van der Waals surface area (Å²) in [6.45, 7) is 6.70. The molecule has 104 valence electrons. The molecule has 0 aliphatic heterocycles. The van der Waals surface area contributed by atoms with Gasteiger partial charge in [0.05, 0.1) is 24.3 Å². The zero-order chi connectivity index (χ0) is 13.7. The van der Waals surface area contributed by atoms with Gasteiger partial charge in [-0.15, -0.1) is 11.3 Å². The lowest BCUT2D eigenvalue weighted by molar-refractivity contribution is 0.280. The molecule has 1 N–H and O–H groups in total. The smallest absolute Gasteiger partial charge is 0.118 e. The zero-order valence-corrected chi connectivity index (χ0v) is 12.5. The van der Waals surface area contributed by atoms with Crippen molar-refractivity contribution < 1.29 is 4.42 Å². The van der Waals surface area contributed by atoms with E-state index in [1.807, 2.05) is 11.6 Å². The Bertz CT molecular complexity index is 479. The molecule has 0 spiro atoms. The van der Waals surface area contributed by atoms with Gasteiger partial charge in [0, 0.05) is 18.0 Å². The second kappa shape index (κ2) is 6.84. The van der Waals surface area contributed by atoms with Crippen LogP contribution in [-0.2, 0) is 19.6 Å². The first-order valence-electron chi connectivity index (χ1n) is 6.50. The molecule has 0 unspecified atom stereocenters. The SMILES string of the molecule is CC(C)NCc1ccc(CN(C)Cc2cscn2)o1. The number of furan rings is 1. The summed E-state index contributed by atoms with van der Waals surface area (Å²) in [6.07, 6.45) is 0. The van der Waals surface area contributed by atoms with Crippen LogP contribution in [0.25, 0.3) is 0 Å². The van der Waals surface area contributed by atoms with Gasteiger partial charge < -0.3 is 9.73 Å². The summed E-state index contributed by atoms with van der Waals surface area (Å²) < 4.78 is 5.80. The molecule has 2 rings (SSSR count). The Hall–Kier alpha value is -1.17. The second-order valence-corrected chi connectivity index (χ2v) is 5.77. The third-order valence-electron chi connectivity index (χ3n) is 2.74. The summed E-state index contributed by atoms with van der Waals surface area (Å²) in [5.41, 5.74) is 2.98. The average Bonchev–Trinajstić information content (AvgIpc) is 2.98. The van der Waals surface area contributed by atoms with Crippen molar-refractivity contribution in [2.24, 2.45) is 0 Å². The van der Waals surface area contributed by atoms with Crippen LogP contribution in [0, 0.1) is 0 Å². The van der Waals surface area contributed by atoms with Crippen molar-refractivity contribution in [3.8, 4) is 0 Å². The Morgan fingerprint density at radius 2 is 2.11 bits per heavy atom. The lowest BCUT2D eigenvalue weighted by Crippen LogP contribution is -2.21. The van der Waals surface area contributed by atoms with Crippen molar-refractivity contribution in [3.05, 3.63) is 40.2 Å². The highest BCUT2D eigenvalue weighted by atomic mass is 32.1. The third kappa shape index (κ3) is 4.78. The monoisotopic (exact) mass is 279 g/mol. The van der Waals surface area contributed by atoms with E-state index in [1.54, 1.807) is 11.3 Å². The van der Waals surface area contributed by atoms with E-state index in [4.69, 9.17) is 4.42 Å². The standard InChI is InChI=1S/C14H21N3OS/c1-11(2)15-6-13-4-5-14(18-13)8-17(3)7-12-9-19-10-16-12/h4-5,9-11,15H,6-8H2,1-3H3. The lowest BCUT2D eigenvalue weighted by Gasteiger charge is -2.13. The van der Waals surface area contributed by atoms with Crippen molar-refractivity contribution >= 4 is 11.3 Å². The Morgan fingerprint density at radius 1 is 1.32 bits per heavy atom. The largest absolute Gasteiger partial charge is 0.463 e. The van der Waals surface area contributed by atoms with Gasteiger partial charge in [0.2, 0.25) is 0 Å². The minimum absolute atomic E-state index is 0.473. The highest BCUT2D eigenvalue weighted by Crippen LogP contribution is 2.12. The quantitative estimate of drug-likeness (QED) is 0.846. The van der Waals surface area contributed by atoms with Crippen LogP contribution in [0.2, 0.25) is 0 Å². The van der Waals surface area contributed by atoms with Crippen LogP contribution < -0.4 is 5.32 Å². The van der Waals surface area contributed by atoms with E-state index in [9.17, 15) is 0 Å². The van der Waals surface area contributed by atoms with Crippen molar-refractivity contribution in [2.75, 3.05) is 7.05 Å². The topological polar surface area (TPSA) is 41.3 Å². The number of thiazole rings is 1. The summed E-state index contributed by atoms with van der Waals surface area (Å²) in [7, 11) is 2.08. The molecule has 0 saturated heterocycles.